The van der Waals surface area contributed by atoms with Crippen molar-refractivity contribution in [3.05, 3.63) is 83.8 Å². The summed E-state index contributed by atoms with van der Waals surface area (Å²) in [6, 6.07) is 16.9. The van der Waals surface area contributed by atoms with Crippen LogP contribution in [-0.2, 0) is 17.6 Å². The number of benzene rings is 2. The lowest BCUT2D eigenvalue weighted by atomic mass is 9.95. The van der Waals surface area contributed by atoms with Gasteiger partial charge in [0.25, 0.3) is 5.91 Å². The quantitative estimate of drug-likeness (QED) is 0.363. The molecule has 0 saturated carbocycles. The van der Waals surface area contributed by atoms with Crippen LogP contribution < -0.4 is 0 Å². The summed E-state index contributed by atoms with van der Waals surface area (Å²) in [5.74, 6) is -0.0961. The zero-order valence-corrected chi connectivity index (χ0v) is 19.3. The van der Waals surface area contributed by atoms with Gasteiger partial charge in [-0.2, -0.15) is 0 Å². The number of pyridine rings is 1. The second-order valence-electron chi connectivity index (χ2n) is 8.93. The van der Waals surface area contributed by atoms with Crippen molar-refractivity contribution in [2.45, 2.75) is 38.7 Å². The van der Waals surface area contributed by atoms with Gasteiger partial charge < -0.3 is 9.72 Å². The fraction of sp³-hybridized carbons (Fsp3) is 0.214. The van der Waals surface area contributed by atoms with Crippen LogP contribution >= 0.6 is 0 Å². The van der Waals surface area contributed by atoms with E-state index in [0.29, 0.717) is 16.9 Å². The van der Waals surface area contributed by atoms with Crippen LogP contribution in [0.25, 0.3) is 33.3 Å². The maximum atomic E-state index is 13.5. The summed E-state index contributed by atoms with van der Waals surface area (Å²) in [4.78, 5) is 38.4. The molecule has 35 heavy (non-hydrogen) atoms. The molecule has 0 amide bonds. The molecule has 0 spiro atoms. The highest BCUT2D eigenvalue weighted by Crippen LogP contribution is 2.32. The van der Waals surface area contributed by atoms with Gasteiger partial charge in [0.1, 0.15) is 5.82 Å². The van der Waals surface area contributed by atoms with Crippen molar-refractivity contribution in [2.24, 2.45) is 0 Å². The molecular formula is C28H24N4O3. The van der Waals surface area contributed by atoms with Crippen LogP contribution in [0, 0.1) is 0 Å². The second kappa shape index (κ2) is 8.51. The van der Waals surface area contributed by atoms with Crippen molar-refractivity contribution >= 4 is 33.8 Å². The van der Waals surface area contributed by atoms with E-state index in [1.165, 1.54) is 5.56 Å². The predicted octanol–water partition coefficient (Wildman–Crippen LogP) is 5.34. The van der Waals surface area contributed by atoms with Crippen molar-refractivity contribution < 1.29 is 14.3 Å². The van der Waals surface area contributed by atoms with E-state index in [4.69, 9.17) is 4.74 Å². The molecule has 0 saturated heterocycles. The number of rotatable bonds is 4. The molecule has 174 valence electrons. The number of aryl methyl sites for hydroxylation is 1. The number of ether oxygens (including phenoxy) is 1. The Morgan fingerprint density at radius 1 is 1.06 bits per heavy atom. The third-order valence-corrected chi connectivity index (χ3v) is 6.68. The average molecular weight is 465 g/mol. The third kappa shape index (κ3) is 3.69. The minimum atomic E-state index is -0.923. The Labute approximate surface area is 201 Å². The first-order valence-corrected chi connectivity index (χ1v) is 11.9. The molecule has 1 N–H and O–H groups in total. The third-order valence-electron chi connectivity index (χ3n) is 6.68. The lowest BCUT2D eigenvalue weighted by Gasteiger charge is -2.18. The van der Waals surface area contributed by atoms with E-state index < -0.39 is 12.1 Å². The molecule has 0 aliphatic heterocycles. The predicted molar refractivity (Wildman–Crippen MR) is 133 cm³/mol. The molecular weight excluding hydrogens is 440 g/mol. The number of aromatic amines is 1. The van der Waals surface area contributed by atoms with Gasteiger partial charge in [-0.3, -0.25) is 14.3 Å². The molecule has 1 atom stereocenters. The van der Waals surface area contributed by atoms with Gasteiger partial charge in [0.2, 0.25) is 0 Å². The van der Waals surface area contributed by atoms with E-state index in [1.807, 2.05) is 30.3 Å². The summed E-state index contributed by atoms with van der Waals surface area (Å²) in [6.45, 7) is 1.64. The van der Waals surface area contributed by atoms with Crippen LogP contribution in [0.1, 0.15) is 46.2 Å². The van der Waals surface area contributed by atoms with Gasteiger partial charge >= 0.3 is 5.97 Å². The SMILES string of the molecule is CC(OC(=O)c1ccc2nc(-c3cccnc3)[nH]c2c1)C(=O)n1c2c(c3ccccc31)CCCC2. The number of imidazole rings is 1. The van der Waals surface area contributed by atoms with E-state index in [9.17, 15) is 9.59 Å². The number of carbonyl (C=O) groups excluding carboxylic acids is 2. The molecule has 0 bridgehead atoms. The number of aromatic nitrogens is 4. The van der Waals surface area contributed by atoms with Gasteiger partial charge in [0.05, 0.1) is 22.1 Å². The van der Waals surface area contributed by atoms with E-state index in [1.54, 1.807) is 42.1 Å². The topological polar surface area (TPSA) is 89.9 Å². The highest BCUT2D eigenvalue weighted by atomic mass is 16.5. The Morgan fingerprint density at radius 3 is 2.77 bits per heavy atom. The maximum absolute atomic E-state index is 13.5. The van der Waals surface area contributed by atoms with Crippen molar-refractivity contribution in [2.75, 3.05) is 0 Å². The Kier molecular flexibility index (Phi) is 5.17. The summed E-state index contributed by atoms with van der Waals surface area (Å²) >= 11 is 0. The van der Waals surface area contributed by atoms with Crippen LogP contribution in [-0.4, -0.2) is 37.5 Å². The van der Waals surface area contributed by atoms with Crippen molar-refractivity contribution in [3.8, 4) is 11.4 Å². The molecule has 6 rings (SSSR count). The Hall–Kier alpha value is -4.26. The van der Waals surface area contributed by atoms with Crippen molar-refractivity contribution in [1.29, 1.82) is 0 Å². The molecule has 3 heterocycles. The normalized spacial score (nSPS) is 14.1. The van der Waals surface area contributed by atoms with E-state index in [-0.39, 0.29) is 5.91 Å². The number of H-pyrrole nitrogens is 1. The minimum absolute atomic E-state index is 0.223. The summed E-state index contributed by atoms with van der Waals surface area (Å²) in [7, 11) is 0. The molecule has 7 heteroatoms. The summed E-state index contributed by atoms with van der Waals surface area (Å²) in [5.41, 5.74) is 5.83. The lowest BCUT2D eigenvalue weighted by molar-refractivity contribution is 0.0285. The molecule has 1 aliphatic rings. The Balaban J connectivity index is 1.26. The van der Waals surface area contributed by atoms with E-state index >= 15 is 0 Å². The molecule has 5 aromatic rings. The van der Waals surface area contributed by atoms with Crippen LogP contribution in [0.3, 0.4) is 0 Å². The zero-order chi connectivity index (χ0) is 23.9. The maximum Gasteiger partial charge on any atom is 0.338 e. The molecule has 0 fully saturated rings. The van der Waals surface area contributed by atoms with Gasteiger partial charge in [0.15, 0.2) is 6.10 Å². The number of fused-ring (bicyclic) bond motifs is 4. The molecule has 0 radical (unpaired) electrons. The van der Waals surface area contributed by atoms with Crippen LogP contribution in [0.15, 0.2) is 67.0 Å². The summed E-state index contributed by atoms with van der Waals surface area (Å²) < 4.78 is 7.41. The molecule has 1 unspecified atom stereocenters. The molecule has 7 nitrogen and oxygen atoms in total. The van der Waals surface area contributed by atoms with Gasteiger partial charge in [0, 0.05) is 29.0 Å². The highest BCUT2D eigenvalue weighted by Gasteiger charge is 2.28. The monoisotopic (exact) mass is 464 g/mol. The first-order valence-electron chi connectivity index (χ1n) is 11.9. The lowest BCUT2D eigenvalue weighted by Crippen LogP contribution is -2.30. The number of hydrogen-bond acceptors (Lipinski definition) is 5. The number of carbonyl (C=O) groups is 2. The largest absolute Gasteiger partial charge is 0.449 e. The summed E-state index contributed by atoms with van der Waals surface area (Å²) in [6.07, 6.45) is 6.50. The fourth-order valence-electron chi connectivity index (χ4n) is 4.98. The highest BCUT2D eigenvalue weighted by molar-refractivity contribution is 6.00. The first kappa shape index (κ1) is 21.3. The summed E-state index contributed by atoms with van der Waals surface area (Å²) in [5, 5.41) is 1.11. The second-order valence-corrected chi connectivity index (χ2v) is 8.93. The minimum Gasteiger partial charge on any atom is -0.449 e. The zero-order valence-electron chi connectivity index (χ0n) is 19.3. The Bertz CT molecular complexity index is 1580. The van der Waals surface area contributed by atoms with Gasteiger partial charge in [-0.15, -0.1) is 0 Å². The number of esters is 1. The van der Waals surface area contributed by atoms with E-state index in [2.05, 4.69) is 21.0 Å². The average Bonchev–Trinajstić information content (AvgIpc) is 3.47. The fourth-order valence-corrected chi connectivity index (χ4v) is 4.98. The van der Waals surface area contributed by atoms with Gasteiger partial charge in [-0.1, -0.05) is 18.2 Å². The van der Waals surface area contributed by atoms with Crippen LogP contribution in [0.2, 0.25) is 0 Å². The van der Waals surface area contributed by atoms with Crippen molar-refractivity contribution in [1.82, 2.24) is 19.5 Å². The Morgan fingerprint density at radius 2 is 1.91 bits per heavy atom. The van der Waals surface area contributed by atoms with Crippen LogP contribution in [0.4, 0.5) is 0 Å². The number of nitrogens with zero attached hydrogens (tertiary/aromatic N) is 3. The first-order chi connectivity index (χ1) is 17.1. The van der Waals surface area contributed by atoms with Crippen molar-refractivity contribution in [3.63, 3.8) is 0 Å². The number of hydrogen-bond donors (Lipinski definition) is 1. The van der Waals surface area contributed by atoms with Gasteiger partial charge in [-0.05, 0) is 74.6 Å². The smallest absolute Gasteiger partial charge is 0.338 e. The molecule has 3 aromatic heterocycles. The standard InChI is InChI=1S/C28H24N4O3/c1-17(27(33)32-24-10-4-2-8-20(24)21-9-3-5-11-25(21)32)35-28(34)18-12-13-22-23(15-18)31-26(30-22)19-7-6-14-29-16-19/h2,4,6-8,10,12-17H,3,5,9,11H2,1H3,(H,30,31). The number of nitrogens with one attached hydrogen (secondary N) is 1. The molecule has 2 aromatic carbocycles. The molecule has 1 aliphatic carbocycles. The van der Waals surface area contributed by atoms with Gasteiger partial charge in [-0.25, -0.2) is 9.78 Å². The number of para-hydroxylation sites is 1. The van der Waals surface area contributed by atoms with Crippen LogP contribution in [0.5, 0.6) is 0 Å². The van der Waals surface area contributed by atoms with E-state index in [0.717, 1.165) is 53.4 Å².